The summed E-state index contributed by atoms with van der Waals surface area (Å²) in [5.74, 6) is -3.00. The van der Waals surface area contributed by atoms with Crippen molar-refractivity contribution in [1.82, 2.24) is 14.5 Å². The van der Waals surface area contributed by atoms with Crippen LogP contribution in [-0.4, -0.2) is 31.6 Å². The molecule has 0 bridgehead atoms. The van der Waals surface area contributed by atoms with Gasteiger partial charge in [0.2, 0.25) is 0 Å². The van der Waals surface area contributed by atoms with E-state index in [1.54, 1.807) is 13.8 Å². The van der Waals surface area contributed by atoms with E-state index in [-0.39, 0.29) is 16.9 Å². The van der Waals surface area contributed by atoms with Gasteiger partial charge in [0.25, 0.3) is 5.56 Å². The van der Waals surface area contributed by atoms with E-state index >= 15 is 0 Å². The number of nitrogens with zero attached hydrogens (tertiary/aromatic N) is 3. The van der Waals surface area contributed by atoms with Crippen LogP contribution in [0.4, 0.5) is 0 Å². The lowest BCUT2D eigenvalue weighted by atomic mass is 10.2. The minimum absolute atomic E-state index is 0.0472. The number of aryl methyl sites for hydroxylation is 1. The zero-order valence-electron chi connectivity index (χ0n) is 11.7. The number of hydrogen-bond acceptors (Lipinski definition) is 6. The van der Waals surface area contributed by atoms with E-state index in [0.717, 1.165) is 4.57 Å². The van der Waals surface area contributed by atoms with Crippen molar-refractivity contribution >= 4 is 23.1 Å². The van der Waals surface area contributed by atoms with E-state index in [4.69, 9.17) is 4.74 Å². The molecule has 2 aromatic heterocycles. The molecule has 8 heteroatoms. The zero-order chi connectivity index (χ0) is 15.7. The van der Waals surface area contributed by atoms with Gasteiger partial charge in [0.05, 0.1) is 5.92 Å². The number of aromatic carboxylic acids is 1. The fourth-order valence-electron chi connectivity index (χ4n) is 1.72. The van der Waals surface area contributed by atoms with Gasteiger partial charge in [-0.1, -0.05) is 13.8 Å². The molecular weight excluding hydrogens is 278 g/mol. The van der Waals surface area contributed by atoms with Crippen molar-refractivity contribution < 1.29 is 19.4 Å². The van der Waals surface area contributed by atoms with Gasteiger partial charge in [-0.2, -0.15) is 0 Å². The Hall–Kier alpha value is -2.77. The standard InChI is InChI=1S/C13H13N3O5/c1-6(2)13(20)21-9-7(12(18)19)11(17)16(3)10-8(9)14-4-5-15-10/h4-6H,1-3H3,(H,18,19). The number of fused-ring (bicyclic) bond motifs is 1. The summed E-state index contributed by atoms with van der Waals surface area (Å²) in [6.07, 6.45) is 2.68. The third-order valence-electron chi connectivity index (χ3n) is 2.85. The van der Waals surface area contributed by atoms with Gasteiger partial charge in [-0.3, -0.25) is 14.2 Å². The van der Waals surface area contributed by atoms with Gasteiger partial charge in [-0.15, -0.1) is 0 Å². The number of rotatable bonds is 3. The molecule has 2 aromatic rings. The van der Waals surface area contributed by atoms with E-state index in [2.05, 4.69) is 9.97 Å². The van der Waals surface area contributed by atoms with Crippen LogP contribution in [-0.2, 0) is 11.8 Å². The van der Waals surface area contributed by atoms with Crippen LogP contribution in [0.3, 0.4) is 0 Å². The maximum Gasteiger partial charge on any atom is 0.345 e. The largest absolute Gasteiger partial charge is 0.477 e. The fourth-order valence-corrected chi connectivity index (χ4v) is 1.72. The molecule has 0 aromatic carbocycles. The molecule has 0 saturated carbocycles. The number of carboxylic acid groups (broad SMARTS) is 1. The summed E-state index contributed by atoms with van der Waals surface area (Å²) in [7, 11) is 1.37. The SMILES string of the molecule is CC(C)C(=O)Oc1c(C(=O)O)c(=O)n(C)c2nccnc12. The maximum absolute atomic E-state index is 12.1. The van der Waals surface area contributed by atoms with Gasteiger partial charge in [0.15, 0.2) is 17.0 Å². The van der Waals surface area contributed by atoms with Crippen molar-refractivity contribution in [2.45, 2.75) is 13.8 Å². The molecule has 0 aliphatic heterocycles. The minimum Gasteiger partial charge on any atom is -0.477 e. The van der Waals surface area contributed by atoms with Crippen LogP contribution in [0.5, 0.6) is 5.75 Å². The molecule has 0 spiro atoms. The first-order chi connectivity index (χ1) is 9.84. The van der Waals surface area contributed by atoms with Gasteiger partial charge in [0.1, 0.15) is 5.52 Å². The number of carbonyl (C=O) groups is 2. The molecule has 0 saturated heterocycles. The Kier molecular flexibility index (Phi) is 3.70. The number of carboxylic acids is 1. The molecule has 0 aliphatic carbocycles. The van der Waals surface area contributed by atoms with Gasteiger partial charge in [0, 0.05) is 19.4 Å². The summed E-state index contributed by atoms with van der Waals surface area (Å²) in [5, 5.41) is 9.23. The van der Waals surface area contributed by atoms with E-state index in [9.17, 15) is 19.5 Å². The highest BCUT2D eigenvalue weighted by Crippen LogP contribution is 2.25. The van der Waals surface area contributed by atoms with Gasteiger partial charge in [-0.25, -0.2) is 14.8 Å². The number of hydrogen-bond donors (Lipinski definition) is 1. The Morgan fingerprint density at radius 2 is 1.90 bits per heavy atom. The van der Waals surface area contributed by atoms with Crippen LogP contribution in [0.15, 0.2) is 17.2 Å². The zero-order valence-corrected chi connectivity index (χ0v) is 11.7. The molecule has 2 rings (SSSR count). The van der Waals surface area contributed by atoms with Crippen molar-refractivity contribution in [1.29, 1.82) is 0 Å². The molecule has 0 amide bonds. The van der Waals surface area contributed by atoms with E-state index in [1.165, 1.54) is 19.4 Å². The van der Waals surface area contributed by atoms with Crippen LogP contribution in [0.1, 0.15) is 24.2 Å². The van der Waals surface area contributed by atoms with Crippen molar-refractivity contribution in [3.63, 3.8) is 0 Å². The second-order valence-corrected chi connectivity index (χ2v) is 4.68. The van der Waals surface area contributed by atoms with Gasteiger partial charge >= 0.3 is 11.9 Å². The lowest BCUT2D eigenvalue weighted by molar-refractivity contribution is -0.137. The highest BCUT2D eigenvalue weighted by atomic mass is 16.5. The number of pyridine rings is 1. The summed E-state index contributed by atoms with van der Waals surface area (Å²) < 4.78 is 6.14. The molecular formula is C13H13N3O5. The van der Waals surface area contributed by atoms with Crippen LogP contribution in [0.25, 0.3) is 11.2 Å². The number of carbonyl (C=O) groups excluding carboxylic acids is 1. The van der Waals surface area contributed by atoms with Gasteiger partial charge in [-0.05, 0) is 0 Å². The fraction of sp³-hybridized carbons (Fsp3) is 0.308. The molecule has 0 radical (unpaired) electrons. The normalized spacial score (nSPS) is 10.9. The topological polar surface area (TPSA) is 111 Å². The number of aromatic nitrogens is 3. The Bertz CT molecular complexity index is 794. The predicted octanol–water partition coefficient (Wildman–Crippen LogP) is 0.588. The highest BCUT2D eigenvalue weighted by molar-refractivity contribution is 5.98. The number of esters is 1. The van der Waals surface area contributed by atoms with Crippen molar-refractivity contribution in [2.24, 2.45) is 13.0 Å². The molecule has 0 fully saturated rings. The number of ether oxygens (including phenoxy) is 1. The third-order valence-corrected chi connectivity index (χ3v) is 2.85. The first-order valence-electron chi connectivity index (χ1n) is 6.13. The monoisotopic (exact) mass is 291 g/mol. The highest BCUT2D eigenvalue weighted by Gasteiger charge is 2.26. The summed E-state index contributed by atoms with van der Waals surface area (Å²) in [4.78, 5) is 43.2. The Labute approximate surface area is 119 Å². The second-order valence-electron chi connectivity index (χ2n) is 4.68. The third kappa shape index (κ3) is 2.47. The quantitative estimate of drug-likeness (QED) is 0.823. The van der Waals surface area contributed by atoms with E-state index < -0.39 is 29.0 Å². The predicted molar refractivity (Wildman–Crippen MR) is 72.2 cm³/mol. The minimum atomic E-state index is -1.49. The van der Waals surface area contributed by atoms with Gasteiger partial charge < -0.3 is 9.84 Å². The summed E-state index contributed by atoms with van der Waals surface area (Å²) >= 11 is 0. The van der Waals surface area contributed by atoms with Crippen LogP contribution in [0, 0.1) is 5.92 Å². The van der Waals surface area contributed by atoms with Crippen molar-refractivity contribution in [3.8, 4) is 5.75 Å². The summed E-state index contributed by atoms with van der Waals surface area (Å²) in [6.45, 7) is 3.19. The lowest BCUT2D eigenvalue weighted by Gasteiger charge is -2.12. The summed E-state index contributed by atoms with van der Waals surface area (Å²) in [6, 6.07) is 0. The van der Waals surface area contributed by atoms with Crippen LogP contribution >= 0.6 is 0 Å². The Morgan fingerprint density at radius 3 is 2.48 bits per heavy atom. The molecule has 21 heavy (non-hydrogen) atoms. The lowest BCUT2D eigenvalue weighted by Crippen LogP contribution is -2.28. The molecule has 110 valence electrons. The van der Waals surface area contributed by atoms with Crippen molar-refractivity contribution in [3.05, 3.63) is 28.3 Å². The maximum atomic E-state index is 12.1. The Morgan fingerprint density at radius 1 is 1.29 bits per heavy atom. The van der Waals surface area contributed by atoms with Crippen molar-refractivity contribution in [2.75, 3.05) is 0 Å². The smallest absolute Gasteiger partial charge is 0.345 e. The van der Waals surface area contributed by atoms with Crippen LogP contribution < -0.4 is 10.3 Å². The first-order valence-corrected chi connectivity index (χ1v) is 6.13. The Balaban J connectivity index is 2.85. The molecule has 0 unspecified atom stereocenters. The average Bonchev–Trinajstić information content (AvgIpc) is 2.44. The summed E-state index contributed by atoms with van der Waals surface area (Å²) in [5.41, 5.74) is -1.27. The molecule has 1 N–H and O–H groups in total. The first kappa shape index (κ1) is 14.6. The van der Waals surface area contributed by atoms with E-state index in [0.29, 0.717) is 0 Å². The second kappa shape index (κ2) is 5.31. The van der Waals surface area contributed by atoms with Crippen LogP contribution in [0.2, 0.25) is 0 Å². The molecule has 0 aliphatic rings. The molecule has 8 nitrogen and oxygen atoms in total. The molecule has 2 heterocycles. The average molecular weight is 291 g/mol. The molecule has 0 atom stereocenters. The van der Waals surface area contributed by atoms with E-state index in [1.807, 2.05) is 0 Å².